The maximum absolute atomic E-state index is 11.0. The van der Waals surface area contributed by atoms with E-state index in [0.717, 1.165) is 17.0 Å². The molecule has 130 valence electrons. The molecule has 0 aromatic heterocycles. The maximum atomic E-state index is 11.0. The standard InChI is InChI=1S/C17H32O2S3/c1-4-5-6-7-8-9-10-11-12-13-14-15(20)21-22-17(2,3)16(18)19/h4-14H2,1-3H3,(H,18,19). The van der Waals surface area contributed by atoms with Gasteiger partial charge in [0.05, 0.1) is 4.20 Å². The third-order valence-electron chi connectivity index (χ3n) is 3.59. The Kier molecular flexibility index (Phi) is 13.8. The average Bonchev–Trinajstić information content (AvgIpc) is 2.47. The lowest BCUT2D eigenvalue weighted by Crippen LogP contribution is -2.26. The van der Waals surface area contributed by atoms with Crippen molar-refractivity contribution in [3.63, 3.8) is 0 Å². The molecule has 0 aromatic carbocycles. The highest BCUT2D eigenvalue weighted by atomic mass is 33.1. The molecule has 0 aliphatic rings. The van der Waals surface area contributed by atoms with E-state index in [1.54, 1.807) is 13.8 Å². The van der Waals surface area contributed by atoms with Gasteiger partial charge >= 0.3 is 5.97 Å². The minimum Gasteiger partial charge on any atom is -0.480 e. The second-order valence-electron chi connectivity index (χ2n) is 6.29. The molecule has 0 aromatic rings. The molecule has 0 rings (SSSR count). The number of carbonyl (C=O) groups is 1. The summed E-state index contributed by atoms with van der Waals surface area (Å²) in [5, 5.41) is 9.04. The maximum Gasteiger partial charge on any atom is 0.320 e. The third kappa shape index (κ3) is 12.8. The molecular formula is C17H32O2S3. The summed E-state index contributed by atoms with van der Waals surface area (Å²) in [6, 6.07) is 0. The summed E-state index contributed by atoms with van der Waals surface area (Å²) < 4.78 is 0.158. The highest BCUT2D eigenvalue weighted by Crippen LogP contribution is 2.37. The van der Waals surface area contributed by atoms with Crippen molar-refractivity contribution in [2.24, 2.45) is 0 Å². The van der Waals surface area contributed by atoms with E-state index in [2.05, 4.69) is 6.92 Å². The summed E-state index contributed by atoms with van der Waals surface area (Å²) >= 11 is 5.32. The molecule has 0 spiro atoms. The van der Waals surface area contributed by atoms with Crippen LogP contribution < -0.4 is 0 Å². The molecule has 22 heavy (non-hydrogen) atoms. The van der Waals surface area contributed by atoms with Crippen LogP contribution in [0.5, 0.6) is 0 Å². The summed E-state index contributed by atoms with van der Waals surface area (Å²) in [6.45, 7) is 5.69. The second-order valence-corrected chi connectivity index (χ2v) is 9.88. The van der Waals surface area contributed by atoms with Crippen molar-refractivity contribution in [3.8, 4) is 0 Å². The number of hydrogen-bond acceptors (Lipinski definition) is 4. The van der Waals surface area contributed by atoms with E-state index in [4.69, 9.17) is 17.3 Å². The van der Waals surface area contributed by atoms with Crippen LogP contribution in [0.1, 0.15) is 91.4 Å². The van der Waals surface area contributed by atoms with Crippen molar-refractivity contribution in [1.29, 1.82) is 0 Å². The van der Waals surface area contributed by atoms with Gasteiger partial charge in [-0.3, -0.25) is 4.79 Å². The number of hydrogen-bond donors (Lipinski definition) is 1. The Balaban J connectivity index is 3.41. The normalized spacial score (nSPS) is 11.6. The molecule has 0 atom stereocenters. The average molecular weight is 365 g/mol. The highest BCUT2D eigenvalue weighted by Gasteiger charge is 2.28. The molecule has 0 saturated carbocycles. The topological polar surface area (TPSA) is 37.3 Å². The van der Waals surface area contributed by atoms with Crippen molar-refractivity contribution in [2.45, 2.75) is 96.1 Å². The van der Waals surface area contributed by atoms with Gasteiger partial charge in [0.1, 0.15) is 4.75 Å². The monoisotopic (exact) mass is 364 g/mol. The van der Waals surface area contributed by atoms with Crippen LogP contribution in [0.3, 0.4) is 0 Å². The lowest BCUT2D eigenvalue weighted by atomic mass is 10.1. The minimum absolute atomic E-state index is 0.771. The van der Waals surface area contributed by atoms with Gasteiger partial charge in [0.25, 0.3) is 0 Å². The first-order chi connectivity index (χ1) is 10.4. The van der Waals surface area contributed by atoms with Crippen LogP contribution in [0.4, 0.5) is 0 Å². The smallest absolute Gasteiger partial charge is 0.320 e. The van der Waals surface area contributed by atoms with Gasteiger partial charge in [0.2, 0.25) is 0 Å². The van der Waals surface area contributed by atoms with Gasteiger partial charge in [0, 0.05) is 0 Å². The Labute approximate surface area is 150 Å². The van der Waals surface area contributed by atoms with Gasteiger partial charge in [-0.2, -0.15) is 0 Å². The molecule has 0 unspecified atom stereocenters. The fourth-order valence-electron chi connectivity index (χ4n) is 1.98. The van der Waals surface area contributed by atoms with E-state index in [9.17, 15) is 4.79 Å². The number of carboxylic acids is 1. The third-order valence-corrected chi connectivity index (χ3v) is 7.53. The van der Waals surface area contributed by atoms with E-state index >= 15 is 0 Å². The first-order valence-electron chi connectivity index (χ1n) is 8.52. The number of rotatable bonds is 14. The van der Waals surface area contributed by atoms with E-state index < -0.39 is 10.7 Å². The Bertz CT molecular complexity index is 317. The van der Waals surface area contributed by atoms with Crippen LogP contribution in [0, 0.1) is 0 Å². The van der Waals surface area contributed by atoms with Gasteiger partial charge < -0.3 is 5.11 Å². The summed E-state index contributed by atoms with van der Waals surface area (Å²) in [4.78, 5) is 11.0. The van der Waals surface area contributed by atoms with Crippen LogP contribution in [-0.4, -0.2) is 20.0 Å². The first kappa shape index (κ1) is 22.3. The predicted octanol–water partition coefficient (Wildman–Crippen LogP) is 6.87. The van der Waals surface area contributed by atoms with E-state index in [1.165, 1.54) is 79.4 Å². The zero-order valence-electron chi connectivity index (χ0n) is 14.4. The molecule has 0 amide bonds. The summed E-state index contributed by atoms with van der Waals surface area (Å²) in [5.41, 5.74) is 0. The molecule has 0 aliphatic carbocycles. The summed E-state index contributed by atoms with van der Waals surface area (Å²) in [6.07, 6.45) is 14.2. The molecular weight excluding hydrogens is 332 g/mol. The number of thiocarbonyl (C=S) groups is 1. The van der Waals surface area contributed by atoms with Crippen molar-refractivity contribution >= 4 is 44.0 Å². The first-order valence-corrected chi connectivity index (χ1v) is 11.1. The van der Waals surface area contributed by atoms with Crippen LogP contribution in [0.2, 0.25) is 0 Å². The molecule has 0 fully saturated rings. The van der Waals surface area contributed by atoms with Crippen LogP contribution >= 0.6 is 33.8 Å². The van der Waals surface area contributed by atoms with E-state index in [0.29, 0.717) is 0 Å². The quantitative estimate of drug-likeness (QED) is 0.207. The summed E-state index contributed by atoms with van der Waals surface area (Å²) in [5.74, 6) is -0.785. The number of carboxylic acid groups (broad SMARTS) is 1. The molecule has 0 bridgehead atoms. The Morgan fingerprint density at radius 1 is 0.955 bits per heavy atom. The Morgan fingerprint density at radius 2 is 1.41 bits per heavy atom. The van der Waals surface area contributed by atoms with E-state index in [-0.39, 0.29) is 0 Å². The van der Waals surface area contributed by atoms with Crippen LogP contribution in [0.15, 0.2) is 0 Å². The Hall–Kier alpha value is 0.260. The van der Waals surface area contributed by atoms with Gasteiger partial charge in [0.15, 0.2) is 0 Å². The van der Waals surface area contributed by atoms with Crippen LogP contribution in [0.25, 0.3) is 0 Å². The number of aliphatic carboxylic acids is 1. The molecule has 2 nitrogen and oxygen atoms in total. The van der Waals surface area contributed by atoms with Crippen molar-refractivity contribution in [2.75, 3.05) is 0 Å². The van der Waals surface area contributed by atoms with Gasteiger partial charge in [-0.1, -0.05) is 87.7 Å². The SMILES string of the molecule is CCCCCCCCCCCCC(=S)SSC(C)(C)C(=O)O. The molecule has 0 heterocycles. The lowest BCUT2D eigenvalue weighted by molar-refractivity contribution is -0.138. The molecule has 0 aliphatic heterocycles. The molecule has 0 radical (unpaired) electrons. The van der Waals surface area contributed by atoms with Crippen molar-refractivity contribution in [3.05, 3.63) is 0 Å². The second kappa shape index (κ2) is 13.7. The molecule has 0 saturated heterocycles. The fraction of sp³-hybridized carbons (Fsp3) is 0.882. The van der Waals surface area contributed by atoms with Crippen LogP contribution in [-0.2, 0) is 4.79 Å². The van der Waals surface area contributed by atoms with Crippen molar-refractivity contribution < 1.29 is 9.90 Å². The highest BCUT2D eigenvalue weighted by molar-refractivity contribution is 8.84. The van der Waals surface area contributed by atoms with Gasteiger partial charge in [-0.05, 0) is 37.5 Å². The summed E-state index contributed by atoms with van der Waals surface area (Å²) in [7, 11) is 2.81. The zero-order chi connectivity index (χ0) is 16.8. The largest absolute Gasteiger partial charge is 0.480 e. The van der Waals surface area contributed by atoms with Gasteiger partial charge in [-0.25, -0.2) is 0 Å². The fourth-order valence-corrected chi connectivity index (χ4v) is 4.40. The lowest BCUT2D eigenvalue weighted by Gasteiger charge is -2.17. The Morgan fingerprint density at radius 3 is 1.86 bits per heavy atom. The minimum atomic E-state index is -0.785. The van der Waals surface area contributed by atoms with Gasteiger partial charge in [-0.15, -0.1) is 0 Å². The zero-order valence-corrected chi connectivity index (χ0v) is 16.8. The van der Waals surface area contributed by atoms with Crippen molar-refractivity contribution in [1.82, 2.24) is 0 Å². The molecule has 1 N–H and O–H groups in total. The molecule has 5 heteroatoms. The van der Waals surface area contributed by atoms with E-state index in [1.807, 2.05) is 0 Å². The predicted molar refractivity (Wildman–Crippen MR) is 106 cm³/mol. The number of unbranched alkanes of at least 4 members (excludes halogenated alkanes) is 9.